The number of hydrogen-bond acceptors (Lipinski definition) is 4. The molecule has 4 nitrogen and oxygen atoms in total. The third kappa shape index (κ3) is 2.40. The lowest BCUT2D eigenvalue weighted by molar-refractivity contribution is 0.143. The van der Waals surface area contributed by atoms with Gasteiger partial charge in [-0.3, -0.25) is 0 Å². The van der Waals surface area contributed by atoms with Crippen molar-refractivity contribution in [2.45, 2.75) is 19.6 Å². The van der Waals surface area contributed by atoms with Crippen molar-refractivity contribution < 1.29 is 18.6 Å². The van der Waals surface area contributed by atoms with Crippen LogP contribution in [0.4, 0.5) is 8.78 Å². The number of pyridine rings is 1. The summed E-state index contributed by atoms with van der Waals surface area (Å²) in [5, 5.41) is 8.90. The molecule has 1 heterocycles. The molecule has 1 aromatic heterocycles. The minimum atomic E-state index is -2.71. The van der Waals surface area contributed by atoms with E-state index in [1.807, 2.05) is 0 Å². The van der Waals surface area contributed by atoms with Gasteiger partial charge in [-0.05, 0) is 11.6 Å². The lowest BCUT2D eigenvalue weighted by Gasteiger charge is -2.11. The molecule has 0 bridgehead atoms. The summed E-state index contributed by atoms with van der Waals surface area (Å²) in [5.74, 6) is 0.266. The third-order valence-corrected chi connectivity index (χ3v) is 1.97. The third-order valence-electron chi connectivity index (χ3n) is 1.97. The van der Waals surface area contributed by atoms with Gasteiger partial charge < -0.3 is 15.6 Å². The molecule has 84 valence electrons. The van der Waals surface area contributed by atoms with Gasteiger partial charge in [-0.25, -0.2) is 13.8 Å². The fraction of sp³-hybridized carbons (Fsp3) is 0.444. The standard InChI is InChI=1S/C9H12F2N2O2/c1-15-7-2-5(3-12)8(9(10)11)13-6(7)4-14/h2,9,14H,3-4,12H2,1H3. The minimum Gasteiger partial charge on any atom is -0.495 e. The molecule has 0 aliphatic carbocycles. The van der Waals surface area contributed by atoms with Gasteiger partial charge in [-0.1, -0.05) is 0 Å². The lowest BCUT2D eigenvalue weighted by atomic mass is 10.1. The van der Waals surface area contributed by atoms with Gasteiger partial charge in [0.15, 0.2) is 0 Å². The van der Waals surface area contributed by atoms with Crippen LogP contribution in [0, 0.1) is 0 Å². The molecule has 0 saturated carbocycles. The van der Waals surface area contributed by atoms with Crippen LogP contribution in [0.3, 0.4) is 0 Å². The second kappa shape index (κ2) is 4.99. The maximum Gasteiger partial charge on any atom is 0.280 e. The first-order chi connectivity index (χ1) is 7.13. The molecule has 0 aliphatic heterocycles. The topological polar surface area (TPSA) is 68.4 Å². The normalized spacial score (nSPS) is 10.8. The highest BCUT2D eigenvalue weighted by Gasteiger charge is 2.17. The van der Waals surface area contributed by atoms with Crippen LogP contribution in [0.2, 0.25) is 0 Å². The van der Waals surface area contributed by atoms with Crippen LogP contribution in [-0.4, -0.2) is 17.2 Å². The summed E-state index contributed by atoms with van der Waals surface area (Å²) in [6, 6.07) is 1.38. The van der Waals surface area contributed by atoms with Crippen molar-refractivity contribution in [1.82, 2.24) is 4.98 Å². The molecule has 1 aromatic rings. The van der Waals surface area contributed by atoms with E-state index >= 15 is 0 Å². The summed E-state index contributed by atoms with van der Waals surface area (Å²) in [6.45, 7) is -0.498. The quantitative estimate of drug-likeness (QED) is 0.790. The Balaban J connectivity index is 3.27. The number of halogens is 2. The second-order valence-corrected chi connectivity index (χ2v) is 2.84. The maximum absolute atomic E-state index is 12.5. The van der Waals surface area contributed by atoms with Gasteiger partial charge in [0, 0.05) is 6.54 Å². The smallest absolute Gasteiger partial charge is 0.280 e. The number of nitrogens with two attached hydrogens (primary N) is 1. The van der Waals surface area contributed by atoms with Gasteiger partial charge in [0.2, 0.25) is 0 Å². The number of ether oxygens (including phenoxy) is 1. The van der Waals surface area contributed by atoms with Crippen LogP contribution in [0.5, 0.6) is 5.75 Å². The first-order valence-corrected chi connectivity index (χ1v) is 4.29. The predicted molar refractivity (Wildman–Crippen MR) is 49.6 cm³/mol. The van der Waals surface area contributed by atoms with Crippen LogP contribution in [-0.2, 0) is 13.2 Å². The summed E-state index contributed by atoms with van der Waals surface area (Å²) in [5.41, 5.74) is 5.22. The van der Waals surface area contributed by atoms with Gasteiger partial charge in [-0.15, -0.1) is 0 Å². The van der Waals surface area contributed by atoms with E-state index in [-0.39, 0.29) is 23.6 Å². The molecule has 1 rings (SSSR count). The van der Waals surface area contributed by atoms with Crippen LogP contribution in [0.25, 0.3) is 0 Å². The van der Waals surface area contributed by atoms with E-state index in [0.29, 0.717) is 0 Å². The summed E-state index contributed by atoms with van der Waals surface area (Å²) in [7, 11) is 1.37. The Labute approximate surface area is 85.7 Å². The average molecular weight is 218 g/mol. The first-order valence-electron chi connectivity index (χ1n) is 4.29. The Morgan fingerprint density at radius 2 is 2.27 bits per heavy atom. The SMILES string of the molecule is COc1cc(CN)c(C(F)F)nc1CO. The summed E-state index contributed by atoms with van der Waals surface area (Å²) >= 11 is 0. The molecule has 0 fully saturated rings. The average Bonchev–Trinajstić information content (AvgIpc) is 2.26. The zero-order chi connectivity index (χ0) is 11.4. The Hall–Kier alpha value is -1.27. The predicted octanol–water partition coefficient (Wildman–Crippen LogP) is 0.979. The lowest BCUT2D eigenvalue weighted by Crippen LogP contribution is -2.08. The monoisotopic (exact) mass is 218 g/mol. The molecule has 0 aliphatic rings. The van der Waals surface area contributed by atoms with Crippen molar-refractivity contribution in [3.05, 3.63) is 23.0 Å². The van der Waals surface area contributed by atoms with Gasteiger partial charge in [0.25, 0.3) is 6.43 Å². The summed E-state index contributed by atoms with van der Waals surface area (Å²) < 4.78 is 29.9. The zero-order valence-corrected chi connectivity index (χ0v) is 8.20. The molecule has 0 saturated heterocycles. The molecule has 15 heavy (non-hydrogen) atoms. The van der Waals surface area contributed by atoms with Gasteiger partial charge in [-0.2, -0.15) is 0 Å². The van der Waals surface area contributed by atoms with Crippen molar-refractivity contribution >= 4 is 0 Å². The van der Waals surface area contributed by atoms with Crippen LogP contribution in [0.15, 0.2) is 6.07 Å². The van der Waals surface area contributed by atoms with Gasteiger partial charge in [0.05, 0.1) is 13.7 Å². The van der Waals surface area contributed by atoms with Crippen molar-refractivity contribution in [3.63, 3.8) is 0 Å². The maximum atomic E-state index is 12.5. The molecular weight excluding hydrogens is 206 g/mol. The molecule has 3 N–H and O–H groups in total. The Kier molecular flexibility index (Phi) is 3.93. The number of aliphatic hydroxyl groups excluding tert-OH is 1. The van der Waals surface area contributed by atoms with E-state index in [1.54, 1.807) is 0 Å². The van der Waals surface area contributed by atoms with Crippen molar-refractivity contribution in [1.29, 1.82) is 0 Å². The number of alkyl halides is 2. The van der Waals surface area contributed by atoms with E-state index < -0.39 is 18.7 Å². The van der Waals surface area contributed by atoms with E-state index in [9.17, 15) is 8.78 Å². The molecule has 0 unspecified atom stereocenters. The van der Waals surface area contributed by atoms with E-state index in [4.69, 9.17) is 15.6 Å². The summed E-state index contributed by atoms with van der Waals surface area (Å²) in [6.07, 6.45) is -2.71. The number of methoxy groups -OCH3 is 1. The highest BCUT2D eigenvalue weighted by molar-refractivity contribution is 5.35. The largest absolute Gasteiger partial charge is 0.495 e. The zero-order valence-electron chi connectivity index (χ0n) is 8.20. The van der Waals surface area contributed by atoms with Gasteiger partial charge >= 0.3 is 0 Å². The number of aliphatic hydroxyl groups is 1. The number of rotatable bonds is 4. The Morgan fingerprint density at radius 1 is 1.60 bits per heavy atom. The molecule has 6 heteroatoms. The van der Waals surface area contributed by atoms with Crippen LogP contribution in [0.1, 0.15) is 23.4 Å². The van der Waals surface area contributed by atoms with E-state index in [2.05, 4.69) is 4.98 Å². The molecule has 0 amide bonds. The van der Waals surface area contributed by atoms with Crippen LogP contribution >= 0.6 is 0 Å². The van der Waals surface area contributed by atoms with Crippen molar-refractivity contribution in [2.24, 2.45) is 5.73 Å². The second-order valence-electron chi connectivity index (χ2n) is 2.84. The summed E-state index contributed by atoms with van der Waals surface area (Å²) in [4.78, 5) is 3.63. The molecule has 0 aromatic carbocycles. The Bertz CT molecular complexity index is 345. The number of aromatic nitrogens is 1. The van der Waals surface area contributed by atoms with Crippen LogP contribution < -0.4 is 10.5 Å². The number of hydrogen-bond donors (Lipinski definition) is 2. The first kappa shape index (κ1) is 11.8. The van der Waals surface area contributed by atoms with Gasteiger partial charge in [0.1, 0.15) is 17.1 Å². The van der Waals surface area contributed by atoms with Crippen molar-refractivity contribution in [2.75, 3.05) is 7.11 Å². The Morgan fingerprint density at radius 3 is 2.67 bits per heavy atom. The highest BCUT2D eigenvalue weighted by Crippen LogP contribution is 2.26. The molecule has 0 radical (unpaired) electrons. The van der Waals surface area contributed by atoms with Crippen molar-refractivity contribution in [3.8, 4) is 5.75 Å². The number of nitrogens with zero attached hydrogens (tertiary/aromatic N) is 1. The van der Waals surface area contributed by atoms with E-state index in [0.717, 1.165) is 0 Å². The fourth-order valence-electron chi connectivity index (χ4n) is 1.23. The minimum absolute atomic E-state index is 0.0469. The fourth-order valence-corrected chi connectivity index (χ4v) is 1.23. The molecule has 0 spiro atoms. The highest BCUT2D eigenvalue weighted by atomic mass is 19.3. The molecular formula is C9H12F2N2O2. The molecule has 0 atom stereocenters. The van der Waals surface area contributed by atoms with E-state index in [1.165, 1.54) is 13.2 Å².